The topological polar surface area (TPSA) is 38.1 Å². The van der Waals surface area contributed by atoms with Crippen molar-refractivity contribution < 1.29 is 4.39 Å². The molecule has 1 saturated carbocycles. The normalized spacial score (nSPS) is 17.7. The van der Waals surface area contributed by atoms with Gasteiger partial charge in [-0.05, 0) is 54.0 Å². The van der Waals surface area contributed by atoms with Crippen LogP contribution >= 0.6 is 22.9 Å². The van der Waals surface area contributed by atoms with Crippen LogP contribution in [0.4, 0.5) is 4.39 Å². The summed E-state index contributed by atoms with van der Waals surface area (Å²) in [6.45, 7) is 2.37. The van der Waals surface area contributed by atoms with Gasteiger partial charge in [0, 0.05) is 47.7 Å². The molecule has 0 unspecified atom stereocenters. The molecule has 3 aromatic rings. The Balaban J connectivity index is 1.51. The first-order chi connectivity index (χ1) is 14.1. The first-order valence-corrected chi connectivity index (χ1v) is 11.3. The molecule has 6 heteroatoms. The third kappa shape index (κ3) is 3.72. The van der Waals surface area contributed by atoms with E-state index in [0.29, 0.717) is 22.6 Å². The van der Waals surface area contributed by atoms with E-state index in [1.165, 1.54) is 43.7 Å². The number of benzene rings is 1. The molecule has 0 spiro atoms. The quantitative estimate of drug-likeness (QED) is 0.353. The molecule has 1 aliphatic heterocycles. The fourth-order valence-electron chi connectivity index (χ4n) is 4.66. The molecule has 4 nitrogen and oxygen atoms in total. The second-order valence-corrected chi connectivity index (χ2v) is 9.64. The van der Waals surface area contributed by atoms with Gasteiger partial charge in [0.1, 0.15) is 5.82 Å². The summed E-state index contributed by atoms with van der Waals surface area (Å²) in [6.07, 6.45) is 8.00. The van der Waals surface area contributed by atoms with Crippen LogP contribution in [0.25, 0.3) is 22.0 Å². The van der Waals surface area contributed by atoms with Gasteiger partial charge >= 0.3 is 0 Å². The first kappa shape index (κ1) is 19.2. The molecule has 0 N–H and O–H groups in total. The molecular weight excluding hydrogens is 480 g/mol. The molecule has 29 heavy (non-hydrogen) atoms. The van der Waals surface area contributed by atoms with E-state index in [4.69, 9.17) is 0 Å². The van der Waals surface area contributed by atoms with E-state index in [1.54, 1.807) is 10.6 Å². The van der Waals surface area contributed by atoms with Crippen molar-refractivity contribution in [2.24, 2.45) is 5.92 Å². The minimum Gasteiger partial charge on any atom is -0.315 e. The molecule has 1 aromatic carbocycles. The molecule has 1 aliphatic carbocycles. The van der Waals surface area contributed by atoms with Gasteiger partial charge in [-0.25, -0.2) is 7.50 Å². The Bertz CT molecular complexity index is 1140. The Morgan fingerprint density at radius 1 is 1.10 bits per heavy atom. The number of rotatable bonds is 3. The molecule has 2 aliphatic rings. The van der Waals surface area contributed by atoms with Gasteiger partial charge in [-0.2, -0.15) is 0 Å². The number of pyridine rings is 2. The lowest BCUT2D eigenvalue weighted by Crippen LogP contribution is -2.24. The fraction of sp³-hybridized carbons (Fsp3) is 0.391. The summed E-state index contributed by atoms with van der Waals surface area (Å²) in [4.78, 5) is 17.7. The lowest BCUT2D eigenvalue weighted by molar-refractivity contribution is 0.316. The predicted octanol–water partition coefficient (Wildman–Crippen LogP) is 5.45. The Morgan fingerprint density at radius 2 is 1.93 bits per heavy atom. The molecule has 150 valence electrons. The van der Waals surface area contributed by atoms with Gasteiger partial charge in [0.05, 0.1) is 23.3 Å². The van der Waals surface area contributed by atoms with Crippen molar-refractivity contribution in [3.05, 3.63) is 64.0 Å². The van der Waals surface area contributed by atoms with E-state index >= 15 is 4.39 Å². The molecule has 5 rings (SSSR count). The van der Waals surface area contributed by atoms with Crippen molar-refractivity contribution in [3.8, 4) is 11.3 Å². The Morgan fingerprint density at radius 3 is 2.76 bits per heavy atom. The Kier molecular flexibility index (Phi) is 5.16. The van der Waals surface area contributed by atoms with Gasteiger partial charge in [0.25, 0.3) is 5.56 Å². The second-order valence-electron chi connectivity index (χ2n) is 8.28. The predicted molar refractivity (Wildman–Crippen MR) is 121 cm³/mol. The largest absolute Gasteiger partial charge is 0.315 e. The molecule has 2 aromatic heterocycles. The maximum Gasteiger partial charge on any atom is 0.258 e. The van der Waals surface area contributed by atoms with E-state index in [9.17, 15) is 4.79 Å². The number of aromatic nitrogens is 2. The highest BCUT2D eigenvalue weighted by Crippen LogP contribution is 2.30. The van der Waals surface area contributed by atoms with Crippen molar-refractivity contribution in [1.82, 2.24) is 12.7 Å². The van der Waals surface area contributed by atoms with Gasteiger partial charge in [-0.3, -0.25) is 9.78 Å². The van der Waals surface area contributed by atoms with Crippen LogP contribution in [0.5, 0.6) is 0 Å². The Hall–Kier alpha value is -1.80. The molecule has 1 fully saturated rings. The molecule has 0 saturated heterocycles. The minimum atomic E-state index is -0.387. The van der Waals surface area contributed by atoms with E-state index in [1.807, 2.05) is 24.4 Å². The second kappa shape index (κ2) is 7.80. The van der Waals surface area contributed by atoms with Gasteiger partial charge in [0.15, 0.2) is 0 Å². The highest BCUT2D eigenvalue weighted by molar-refractivity contribution is 14.1. The molecule has 0 bridgehead atoms. The van der Waals surface area contributed by atoms with Gasteiger partial charge < -0.3 is 4.57 Å². The van der Waals surface area contributed by atoms with E-state index in [0.717, 1.165) is 30.7 Å². The van der Waals surface area contributed by atoms with Gasteiger partial charge in [0.2, 0.25) is 0 Å². The van der Waals surface area contributed by atoms with Crippen LogP contribution in [-0.4, -0.2) is 12.7 Å². The maximum absolute atomic E-state index is 15.0. The number of hydrogen-bond donors (Lipinski definition) is 0. The van der Waals surface area contributed by atoms with Gasteiger partial charge in [-0.15, -0.1) is 0 Å². The van der Waals surface area contributed by atoms with Crippen LogP contribution in [0.15, 0.2) is 41.3 Å². The third-order valence-corrected chi connectivity index (χ3v) is 6.93. The average Bonchev–Trinajstić information content (AvgIpc) is 3.10. The molecular formula is C23H23FIN3O. The Labute approximate surface area is 183 Å². The van der Waals surface area contributed by atoms with Crippen LogP contribution in [0.2, 0.25) is 0 Å². The third-order valence-electron chi connectivity index (χ3n) is 6.25. The highest BCUT2D eigenvalue weighted by atomic mass is 127. The minimum absolute atomic E-state index is 0.0963. The summed E-state index contributed by atoms with van der Waals surface area (Å²) >= 11 is 2.28. The summed E-state index contributed by atoms with van der Waals surface area (Å²) in [6, 6.07) is 9.00. The van der Waals surface area contributed by atoms with Crippen molar-refractivity contribution in [1.29, 1.82) is 0 Å². The zero-order valence-electron chi connectivity index (χ0n) is 16.2. The van der Waals surface area contributed by atoms with Crippen LogP contribution < -0.4 is 5.56 Å². The molecule has 3 heterocycles. The van der Waals surface area contributed by atoms with Gasteiger partial charge in [-0.1, -0.05) is 25.3 Å². The monoisotopic (exact) mass is 503 g/mol. The average molecular weight is 503 g/mol. The van der Waals surface area contributed by atoms with Crippen molar-refractivity contribution in [3.63, 3.8) is 0 Å². The van der Waals surface area contributed by atoms with E-state index < -0.39 is 0 Å². The zero-order chi connectivity index (χ0) is 20.0. The van der Waals surface area contributed by atoms with Crippen LogP contribution in [0, 0.1) is 11.7 Å². The lowest BCUT2D eigenvalue weighted by Gasteiger charge is -2.22. The number of fused-ring (bicyclic) bond motifs is 2. The number of hydrogen-bond acceptors (Lipinski definition) is 3. The van der Waals surface area contributed by atoms with Crippen molar-refractivity contribution in [2.75, 3.05) is 0 Å². The van der Waals surface area contributed by atoms with E-state index in [-0.39, 0.29) is 11.4 Å². The molecule has 0 radical (unpaired) electrons. The smallest absolute Gasteiger partial charge is 0.258 e. The zero-order valence-corrected chi connectivity index (χ0v) is 18.4. The maximum atomic E-state index is 15.0. The summed E-state index contributed by atoms with van der Waals surface area (Å²) < 4.78 is 18.9. The standard InChI is InChI=1S/C23H23FIN3O/c24-20-11-18-16(8-9-27(23(18)29)12-15-4-2-1-3-5-15)10-19(20)21-7-6-17-13-28(25)14-22(17)26-21/h6-11,15H,1-5,12-14H2. The summed E-state index contributed by atoms with van der Waals surface area (Å²) in [7, 11) is 0. The number of nitrogens with zero attached hydrogens (tertiary/aromatic N) is 3. The number of halogens is 2. The van der Waals surface area contributed by atoms with Crippen LogP contribution in [0.3, 0.4) is 0 Å². The van der Waals surface area contributed by atoms with Crippen molar-refractivity contribution in [2.45, 2.75) is 51.7 Å². The molecule has 0 amide bonds. The summed E-state index contributed by atoms with van der Waals surface area (Å²) in [5, 5.41) is 1.22. The van der Waals surface area contributed by atoms with Crippen LogP contribution in [0.1, 0.15) is 43.4 Å². The van der Waals surface area contributed by atoms with Crippen molar-refractivity contribution >= 4 is 33.6 Å². The summed E-state index contributed by atoms with van der Waals surface area (Å²) in [5.41, 5.74) is 3.17. The summed E-state index contributed by atoms with van der Waals surface area (Å²) in [5.74, 6) is 0.165. The molecule has 0 atom stereocenters. The first-order valence-electron chi connectivity index (χ1n) is 10.3. The van der Waals surface area contributed by atoms with Crippen LogP contribution in [-0.2, 0) is 19.6 Å². The highest BCUT2D eigenvalue weighted by Gasteiger charge is 2.20. The lowest BCUT2D eigenvalue weighted by atomic mass is 9.89. The van der Waals surface area contributed by atoms with E-state index in [2.05, 4.69) is 31.0 Å². The SMILES string of the molecule is O=c1c2cc(F)c(-c3ccc4c(n3)CN(I)C4)cc2ccn1CC1CCCCC1. The fourth-order valence-corrected chi connectivity index (χ4v) is 5.35.